The van der Waals surface area contributed by atoms with Gasteiger partial charge >= 0.3 is 0 Å². The molecule has 0 unspecified atom stereocenters. The van der Waals surface area contributed by atoms with Crippen molar-refractivity contribution in [3.05, 3.63) is 23.5 Å². The summed E-state index contributed by atoms with van der Waals surface area (Å²) in [5.74, 6) is -0.0396. The first-order valence-electron chi connectivity index (χ1n) is 6.96. The molecule has 0 saturated carbocycles. The van der Waals surface area contributed by atoms with Gasteiger partial charge in [0, 0.05) is 25.3 Å². The highest BCUT2D eigenvalue weighted by molar-refractivity contribution is 6.05. The number of rotatable bonds is 2. The zero-order valence-electron chi connectivity index (χ0n) is 12.6. The molecule has 3 rings (SSSR count). The molecule has 1 saturated heterocycles. The van der Waals surface area contributed by atoms with Crippen LogP contribution in [0.25, 0.3) is 11.0 Å². The van der Waals surface area contributed by atoms with Crippen LogP contribution in [0.1, 0.15) is 28.9 Å². The molecule has 3 heterocycles. The zero-order chi connectivity index (χ0) is 14.1. The smallest absolute Gasteiger partial charge is 0.252 e. The molecule has 1 atom stereocenters. The van der Waals surface area contributed by atoms with Gasteiger partial charge in [-0.2, -0.15) is 5.10 Å². The highest BCUT2D eigenvalue weighted by Gasteiger charge is 2.19. The van der Waals surface area contributed by atoms with E-state index >= 15 is 0 Å². The Morgan fingerprint density at radius 3 is 2.91 bits per heavy atom. The summed E-state index contributed by atoms with van der Waals surface area (Å²) in [7, 11) is 1.83. The molecule has 6 nitrogen and oxygen atoms in total. The summed E-state index contributed by atoms with van der Waals surface area (Å²) in [6.45, 7) is 3.77. The third-order valence-electron chi connectivity index (χ3n) is 3.71. The molecule has 0 aliphatic carbocycles. The van der Waals surface area contributed by atoms with Crippen molar-refractivity contribution in [3.8, 4) is 0 Å². The number of fused-ring (bicyclic) bond motifs is 1. The van der Waals surface area contributed by atoms with Crippen LogP contribution >= 0.6 is 24.8 Å². The number of aryl methyl sites for hydroxylation is 2. The van der Waals surface area contributed by atoms with E-state index in [4.69, 9.17) is 0 Å². The molecule has 2 aromatic heterocycles. The van der Waals surface area contributed by atoms with E-state index in [1.807, 2.05) is 20.0 Å². The average molecular weight is 346 g/mol. The maximum Gasteiger partial charge on any atom is 0.252 e. The first kappa shape index (κ1) is 18.7. The number of nitrogens with one attached hydrogen (secondary N) is 2. The van der Waals surface area contributed by atoms with E-state index in [1.54, 1.807) is 10.9 Å². The van der Waals surface area contributed by atoms with Gasteiger partial charge < -0.3 is 10.6 Å². The number of carbonyl (C=O) groups excluding carboxylic acids is 1. The Labute approximate surface area is 141 Å². The number of halogens is 2. The Kier molecular flexibility index (Phi) is 6.59. The lowest BCUT2D eigenvalue weighted by Crippen LogP contribution is -2.45. The second kappa shape index (κ2) is 7.76. The third-order valence-corrected chi connectivity index (χ3v) is 3.71. The predicted molar refractivity (Wildman–Crippen MR) is 91.1 cm³/mol. The van der Waals surface area contributed by atoms with Crippen LogP contribution in [-0.4, -0.2) is 39.8 Å². The van der Waals surface area contributed by atoms with Crippen molar-refractivity contribution in [1.29, 1.82) is 0 Å². The molecule has 1 aliphatic heterocycles. The predicted octanol–water partition coefficient (Wildman–Crippen LogP) is 1.60. The highest BCUT2D eigenvalue weighted by atomic mass is 35.5. The van der Waals surface area contributed by atoms with Gasteiger partial charge in [0.2, 0.25) is 0 Å². The fourth-order valence-corrected chi connectivity index (χ4v) is 2.67. The molecule has 22 heavy (non-hydrogen) atoms. The van der Waals surface area contributed by atoms with Gasteiger partial charge in [-0.05, 0) is 32.4 Å². The molecule has 2 aromatic rings. The molecular formula is C14H21Cl2N5O. The number of hydrogen-bond acceptors (Lipinski definition) is 4. The lowest BCUT2D eigenvalue weighted by molar-refractivity contribution is 0.0932. The molecule has 1 amide bonds. The topological polar surface area (TPSA) is 71.8 Å². The second-order valence-electron chi connectivity index (χ2n) is 5.33. The van der Waals surface area contributed by atoms with Crippen LogP contribution in [0, 0.1) is 6.92 Å². The van der Waals surface area contributed by atoms with Gasteiger partial charge in [-0.15, -0.1) is 24.8 Å². The normalized spacial score (nSPS) is 17.5. The lowest BCUT2D eigenvalue weighted by atomic mass is 10.1. The zero-order valence-corrected chi connectivity index (χ0v) is 14.3. The average Bonchev–Trinajstić information content (AvgIpc) is 2.81. The number of pyridine rings is 1. The number of piperidine rings is 1. The first-order valence-corrected chi connectivity index (χ1v) is 6.96. The summed E-state index contributed by atoms with van der Waals surface area (Å²) in [5, 5.41) is 11.4. The van der Waals surface area contributed by atoms with E-state index in [9.17, 15) is 4.79 Å². The first-order chi connectivity index (χ1) is 9.65. The minimum Gasteiger partial charge on any atom is -0.348 e. The lowest BCUT2D eigenvalue weighted by Gasteiger charge is -2.23. The highest BCUT2D eigenvalue weighted by Crippen LogP contribution is 2.18. The standard InChI is InChI=1S/C14H19N5O.2ClH/c1-9-6-11(12-8-16-19(2)13(12)17-9)14(20)18-10-4-3-5-15-7-10;;/h6,8,10,15H,3-5,7H2,1-2H3,(H,18,20);2*1H/t10-;;/m0../s1. The van der Waals surface area contributed by atoms with Crippen molar-refractivity contribution in [3.63, 3.8) is 0 Å². The summed E-state index contributed by atoms with van der Waals surface area (Å²) < 4.78 is 1.70. The monoisotopic (exact) mass is 345 g/mol. The molecule has 0 spiro atoms. The Balaban J connectivity index is 0.00000121. The maximum atomic E-state index is 12.5. The van der Waals surface area contributed by atoms with E-state index in [2.05, 4.69) is 20.7 Å². The van der Waals surface area contributed by atoms with Crippen LogP contribution in [0.5, 0.6) is 0 Å². The molecule has 1 fully saturated rings. The number of nitrogens with zero attached hydrogens (tertiary/aromatic N) is 3. The Bertz CT molecular complexity index is 652. The van der Waals surface area contributed by atoms with Gasteiger partial charge in [-0.1, -0.05) is 0 Å². The van der Waals surface area contributed by atoms with Gasteiger partial charge in [-0.25, -0.2) is 4.98 Å². The second-order valence-corrected chi connectivity index (χ2v) is 5.33. The van der Waals surface area contributed by atoms with Gasteiger partial charge in [0.05, 0.1) is 17.1 Å². The number of carbonyl (C=O) groups is 1. The van der Waals surface area contributed by atoms with Crippen LogP contribution in [-0.2, 0) is 7.05 Å². The van der Waals surface area contributed by atoms with Crippen LogP contribution < -0.4 is 10.6 Å². The molecule has 0 bridgehead atoms. The van der Waals surface area contributed by atoms with E-state index in [-0.39, 0.29) is 36.8 Å². The number of amides is 1. The molecule has 8 heteroatoms. The van der Waals surface area contributed by atoms with E-state index in [0.717, 1.165) is 42.7 Å². The Morgan fingerprint density at radius 1 is 1.45 bits per heavy atom. The third kappa shape index (κ3) is 3.69. The molecular weight excluding hydrogens is 325 g/mol. The summed E-state index contributed by atoms with van der Waals surface area (Å²) in [4.78, 5) is 16.9. The Morgan fingerprint density at radius 2 is 2.23 bits per heavy atom. The van der Waals surface area contributed by atoms with Crippen LogP contribution in [0.2, 0.25) is 0 Å². The van der Waals surface area contributed by atoms with Gasteiger partial charge in [0.25, 0.3) is 5.91 Å². The summed E-state index contributed by atoms with van der Waals surface area (Å²) in [6.07, 6.45) is 3.83. The van der Waals surface area contributed by atoms with Crippen LogP contribution in [0.3, 0.4) is 0 Å². The SMILES string of the molecule is Cc1cc(C(=O)N[C@H]2CCCNC2)c2cnn(C)c2n1.Cl.Cl. The van der Waals surface area contributed by atoms with Gasteiger partial charge in [0.15, 0.2) is 5.65 Å². The summed E-state index contributed by atoms with van der Waals surface area (Å²) in [5.41, 5.74) is 2.23. The molecule has 2 N–H and O–H groups in total. The fraction of sp³-hybridized carbons (Fsp3) is 0.500. The molecule has 122 valence electrons. The minimum atomic E-state index is -0.0396. The van der Waals surface area contributed by atoms with Crippen molar-refractivity contribution < 1.29 is 4.79 Å². The fourth-order valence-electron chi connectivity index (χ4n) is 2.67. The minimum absolute atomic E-state index is 0. The van der Waals surface area contributed by atoms with Crippen LogP contribution in [0.4, 0.5) is 0 Å². The van der Waals surface area contributed by atoms with Crippen molar-refractivity contribution in [1.82, 2.24) is 25.4 Å². The number of aromatic nitrogens is 3. The van der Waals surface area contributed by atoms with Gasteiger partial charge in [-0.3, -0.25) is 9.48 Å². The van der Waals surface area contributed by atoms with Crippen molar-refractivity contribution in [2.45, 2.75) is 25.8 Å². The molecule has 0 radical (unpaired) electrons. The quantitative estimate of drug-likeness (QED) is 0.867. The van der Waals surface area contributed by atoms with E-state index < -0.39 is 0 Å². The van der Waals surface area contributed by atoms with E-state index in [1.165, 1.54) is 0 Å². The van der Waals surface area contributed by atoms with Crippen molar-refractivity contribution in [2.75, 3.05) is 13.1 Å². The molecule has 1 aliphatic rings. The Hall–Kier alpha value is -1.37. The van der Waals surface area contributed by atoms with E-state index in [0.29, 0.717) is 5.56 Å². The van der Waals surface area contributed by atoms with Gasteiger partial charge in [0.1, 0.15) is 0 Å². The van der Waals surface area contributed by atoms with Crippen LogP contribution in [0.15, 0.2) is 12.3 Å². The number of hydrogen-bond donors (Lipinski definition) is 2. The summed E-state index contributed by atoms with van der Waals surface area (Å²) >= 11 is 0. The molecule has 0 aromatic carbocycles. The van der Waals surface area contributed by atoms with Crippen molar-refractivity contribution in [2.24, 2.45) is 7.05 Å². The summed E-state index contributed by atoms with van der Waals surface area (Å²) in [6, 6.07) is 2.03. The maximum absolute atomic E-state index is 12.5. The largest absolute Gasteiger partial charge is 0.348 e. The van der Waals surface area contributed by atoms with Crippen molar-refractivity contribution >= 4 is 41.8 Å².